The van der Waals surface area contributed by atoms with Gasteiger partial charge in [0.05, 0.1) is 0 Å². The molecule has 0 unspecified atom stereocenters. The van der Waals surface area contributed by atoms with Gasteiger partial charge in [0.2, 0.25) is 0 Å². The Hall–Kier alpha value is 0.739. The van der Waals surface area contributed by atoms with E-state index in [1.54, 1.807) is 0 Å². The summed E-state index contributed by atoms with van der Waals surface area (Å²) in [5.41, 5.74) is 0. The molecule has 0 fully saturated rings. The van der Waals surface area contributed by atoms with Gasteiger partial charge in [-0.1, -0.05) is 0 Å². The average molecular weight is 341 g/mol. The number of nitrogens with zero attached hydrogens (tertiary/aromatic N) is 2. The molecule has 0 bridgehead atoms. The molecule has 0 saturated carbocycles. The van der Waals surface area contributed by atoms with Crippen LogP contribution in [-0.2, 0) is 7.05 Å². The molecular weight excluding hydrogens is 334 g/mol. The monoisotopic (exact) mass is 342 g/mol. The van der Waals surface area contributed by atoms with Gasteiger partial charge in [-0.2, -0.15) is 0 Å². The van der Waals surface area contributed by atoms with Crippen molar-refractivity contribution in [2.24, 2.45) is 7.05 Å². The molecule has 0 atom stereocenters. The molecule has 0 amide bonds. The van der Waals surface area contributed by atoms with Crippen molar-refractivity contribution in [3.05, 3.63) is 9.90 Å². The Morgan fingerprint density at radius 3 is 2.67 bits per heavy atom. The van der Waals surface area contributed by atoms with Gasteiger partial charge in [0.25, 0.3) is 0 Å². The fourth-order valence-corrected chi connectivity index (χ4v) is 3.81. The van der Waals surface area contributed by atoms with Crippen LogP contribution in [0.15, 0.2) is 6.20 Å². The van der Waals surface area contributed by atoms with Crippen LogP contribution >= 0.6 is 22.6 Å². The zero-order valence-electron chi connectivity index (χ0n) is 5.35. The van der Waals surface area contributed by atoms with Crippen LogP contribution in [0.5, 0.6) is 0 Å². The van der Waals surface area contributed by atoms with Gasteiger partial charge in [-0.25, -0.2) is 0 Å². The maximum absolute atomic E-state index is 4.35. The van der Waals surface area contributed by atoms with Crippen molar-refractivity contribution in [1.29, 1.82) is 0 Å². The molecule has 9 heavy (non-hydrogen) atoms. The van der Waals surface area contributed by atoms with E-state index in [0.29, 0.717) is 0 Å². The van der Waals surface area contributed by atoms with Crippen LogP contribution in [0.3, 0.4) is 0 Å². The molecule has 4 heteroatoms. The minimum atomic E-state index is -0.312. The van der Waals surface area contributed by atoms with E-state index in [-0.39, 0.29) is 21.1 Å². The standard InChI is InChI=1S/C4H4IN2.CH3.Sn/c1-7-2-4(5)6-3-7;;/h2H,1H3;1H3;. The third-order valence-corrected chi connectivity index (χ3v) is 4.19. The zero-order valence-corrected chi connectivity index (χ0v) is 10.4. The summed E-state index contributed by atoms with van der Waals surface area (Å²) in [5, 5.41) is 0. The Balaban J connectivity index is 3.01. The van der Waals surface area contributed by atoms with Gasteiger partial charge in [0.1, 0.15) is 0 Å². The van der Waals surface area contributed by atoms with Crippen molar-refractivity contribution in [2.45, 2.75) is 4.94 Å². The molecular formula is C5H7IN2Sn. The van der Waals surface area contributed by atoms with Gasteiger partial charge in [-0.3, -0.25) is 0 Å². The number of hydrogen-bond donors (Lipinski definition) is 0. The molecule has 1 aromatic heterocycles. The number of imidazole rings is 1. The fourth-order valence-electron chi connectivity index (χ4n) is 0.662. The predicted octanol–water partition coefficient (Wildman–Crippen LogP) is 0.402. The van der Waals surface area contributed by atoms with Crippen LogP contribution < -0.4 is 3.84 Å². The van der Waals surface area contributed by atoms with Crippen molar-refractivity contribution in [1.82, 2.24) is 9.55 Å². The normalized spacial score (nSPS) is 10.1. The summed E-state index contributed by atoms with van der Waals surface area (Å²) in [6.07, 6.45) is 2.07. The van der Waals surface area contributed by atoms with Crippen LogP contribution in [0.1, 0.15) is 0 Å². The molecule has 0 aliphatic rings. The summed E-state index contributed by atoms with van der Waals surface area (Å²) in [6.45, 7) is 0. The summed E-state index contributed by atoms with van der Waals surface area (Å²) in [5.74, 6) is 0. The van der Waals surface area contributed by atoms with Crippen LogP contribution in [0.2, 0.25) is 4.94 Å². The van der Waals surface area contributed by atoms with E-state index in [2.05, 4.69) is 50.3 Å². The summed E-state index contributed by atoms with van der Waals surface area (Å²) < 4.78 is 4.57. The molecule has 0 spiro atoms. The third-order valence-electron chi connectivity index (χ3n) is 1.07. The molecule has 0 saturated heterocycles. The Bertz CT molecular complexity index is 209. The SMILES string of the molecule is [CH3][Sn][c]1nc(I)cn1C. The Morgan fingerprint density at radius 1 is 1.78 bits per heavy atom. The van der Waals surface area contributed by atoms with E-state index in [4.69, 9.17) is 0 Å². The van der Waals surface area contributed by atoms with E-state index in [9.17, 15) is 0 Å². The fraction of sp³-hybridized carbons (Fsp3) is 0.400. The van der Waals surface area contributed by atoms with Crippen molar-refractivity contribution >= 4 is 47.6 Å². The summed E-state index contributed by atoms with van der Waals surface area (Å²) in [7, 11) is 2.06. The van der Waals surface area contributed by atoms with E-state index in [0.717, 1.165) is 3.70 Å². The molecule has 1 heterocycles. The maximum atomic E-state index is 4.35. The predicted molar refractivity (Wildman–Crippen MR) is 47.2 cm³/mol. The Labute approximate surface area is 78.4 Å². The number of rotatable bonds is 1. The van der Waals surface area contributed by atoms with Gasteiger partial charge < -0.3 is 0 Å². The molecule has 48 valence electrons. The van der Waals surface area contributed by atoms with Crippen LogP contribution in [-0.4, -0.2) is 30.7 Å². The third kappa shape index (κ3) is 1.83. The number of halogens is 1. The molecule has 2 nitrogen and oxygen atoms in total. The van der Waals surface area contributed by atoms with Gasteiger partial charge in [-0.15, -0.1) is 0 Å². The molecule has 0 aliphatic carbocycles. The topological polar surface area (TPSA) is 17.8 Å². The first-order valence-electron chi connectivity index (χ1n) is 2.60. The first-order chi connectivity index (χ1) is 4.24. The van der Waals surface area contributed by atoms with Crippen molar-refractivity contribution < 1.29 is 0 Å². The second kappa shape index (κ2) is 3.23. The summed E-state index contributed by atoms with van der Waals surface area (Å²) in [4.78, 5) is 6.63. The van der Waals surface area contributed by atoms with Crippen molar-refractivity contribution in [3.8, 4) is 0 Å². The molecule has 2 radical (unpaired) electrons. The van der Waals surface area contributed by atoms with E-state index >= 15 is 0 Å². The first kappa shape index (κ1) is 7.84. The first-order valence-corrected chi connectivity index (χ1v) is 7.96. The average Bonchev–Trinajstić information content (AvgIpc) is 2.10. The second-order valence-corrected chi connectivity index (χ2v) is 5.56. The summed E-state index contributed by atoms with van der Waals surface area (Å²) >= 11 is 1.93. The van der Waals surface area contributed by atoms with Gasteiger partial charge in [0, 0.05) is 0 Å². The van der Waals surface area contributed by atoms with Crippen LogP contribution in [0.25, 0.3) is 0 Å². The summed E-state index contributed by atoms with van der Waals surface area (Å²) in [6, 6.07) is 0. The molecule has 0 aromatic carbocycles. The van der Waals surface area contributed by atoms with Gasteiger partial charge >= 0.3 is 79.0 Å². The quantitative estimate of drug-likeness (QED) is 0.535. The van der Waals surface area contributed by atoms with E-state index < -0.39 is 0 Å². The van der Waals surface area contributed by atoms with Gasteiger partial charge in [0.15, 0.2) is 0 Å². The van der Waals surface area contributed by atoms with Crippen molar-refractivity contribution in [2.75, 3.05) is 0 Å². The minimum absolute atomic E-state index is 0.312. The molecule has 0 N–H and O–H groups in total. The zero-order chi connectivity index (χ0) is 6.85. The Kier molecular flexibility index (Phi) is 2.81. The van der Waals surface area contributed by atoms with Crippen LogP contribution in [0.4, 0.5) is 0 Å². The second-order valence-electron chi connectivity index (χ2n) is 1.75. The van der Waals surface area contributed by atoms with Crippen molar-refractivity contribution in [3.63, 3.8) is 0 Å². The molecule has 1 aromatic rings. The number of hydrogen-bond acceptors (Lipinski definition) is 1. The van der Waals surface area contributed by atoms with E-state index in [1.165, 1.54) is 3.84 Å². The molecule has 0 aliphatic heterocycles. The number of aromatic nitrogens is 2. The Morgan fingerprint density at radius 2 is 2.44 bits per heavy atom. The molecule has 1 rings (SSSR count). The van der Waals surface area contributed by atoms with Gasteiger partial charge in [-0.05, 0) is 0 Å². The van der Waals surface area contributed by atoms with E-state index in [1.807, 2.05) is 0 Å². The number of aryl methyl sites for hydroxylation is 1. The van der Waals surface area contributed by atoms with Crippen LogP contribution in [0, 0.1) is 3.70 Å².